The monoisotopic (exact) mass is 645 g/mol. The summed E-state index contributed by atoms with van der Waals surface area (Å²) >= 11 is 0. The molecule has 10 heteroatoms. The number of aliphatic hydroxyl groups is 1. The van der Waals surface area contributed by atoms with Crippen molar-refractivity contribution in [2.45, 2.75) is 76.6 Å². The van der Waals surface area contributed by atoms with Crippen LogP contribution in [0, 0.1) is 0 Å². The summed E-state index contributed by atoms with van der Waals surface area (Å²) in [5.74, 6) is -0.368. The molecule has 47 heavy (non-hydrogen) atoms. The zero-order valence-corrected chi connectivity index (χ0v) is 26.9. The molecule has 2 saturated heterocycles. The van der Waals surface area contributed by atoms with Gasteiger partial charge in [-0.05, 0) is 46.7 Å². The van der Waals surface area contributed by atoms with Crippen molar-refractivity contribution in [3.8, 4) is 11.1 Å². The second-order valence-electron chi connectivity index (χ2n) is 12.3. The Morgan fingerprint density at radius 3 is 2.19 bits per heavy atom. The van der Waals surface area contributed by atoms with Gasteiger partial charge in [-0.15, -0.1) is 0 Å². The maximum absolute atomic E-state index is 12.4. The molecule has 4 N–H and O–H groups in total. The third-order valence-electron chi connectivity index (χ3n) is 8.80. The van der Waals surface area contributed by atoms with Gasteiger partial charge in [-0.1, -0.05) is 79.6 Å². The van der Waals surface area contributed by atoms with Gasteiger partial charge in [0.25, 0.3) is 0 Å². The van der Waals surface area contributed by atoms with Crippen molar-refractivity contribution in [3.05, 3.63) is 95.1 Å². The zero-order valence-electron chi connectivity index (χ0n) is 26.9. The van der Waals surface area contributed by atoms with E-state index in [2.05, 4.69) is 46.6 Å². The molecule has 252 valence electrons. The van der Waals surface area contributed by atoms with Gasteiger partial charge in [-0.2, -0.15) is 0 Å². The van der Waals surface area contributed by atoms with Crippen molar-refractivity contribution < 1.29 is 34.1 Å². The fraction of sp³-hybridized carbons (Fsp3) is 0.459. The smallest absolute Gasteiger partial charge is 0.243 e. The summed E-state index contributed by atoms with van der Waals surface area (Å²) in [6.07, 6.45) is 4.02. The summed E-state index contributed by atoms with van der Waals surface area (Å²) in [6.45, 7) is 4.56. The number of rotatable bonds is 15. The summed E-state index contributed by atoms with van der Waals surface area (Å²) < 4.78 is 18.6. The predicted octanol–water partition coefficient (Wildman–Crippen LogP) is 5.19. The van der Waals surface area contributed by atoms with Crippen molar-refractivity contribution in [2.24, 2.45) is 0 Å². The number of hydroxylamine groups is 1. The Hall–Kier alpha value is -3.64. The van der Waals surface area contributed by atoms with E-state index in [1.807, 2.05) is 36.4 Å². The summed E-state index contributed by atoms with van der Waals surface area (Å²) in [5.41, 5.74) is 7.69. The third-order valence-corrected chi connectivity index (χ3v) is 8.80. The number of carbonyl (C=O) groups is 2. The standard InChI is InChI=1S/C37H47N3O7/c41-26-27-10-12-30(13-11-27)34-23-33(25-40-18-20-45-21-19-40)46-37(47-34)31-16-14-29(15-17-31)32-7-5-6-28(22-32)24-38-35(42)8-3-1-2-4-9-36(43)39-44/h5-7,10-17,22,33-34,37,41,44H,1-4,8-9,18-21,23-26H2,(H,38,42)(H,39,43)/t33-,34+,37+/m0/s1. The van der Waals surface area contributed by atoms with Crippen LogP contribution in [0.3, 0.4) is 0 Å². The molecule has 0 saturated carbocycles. The number of ether oxygens (including phenoxy) is 3. The van der Waals surface area contributed by atoms with E-state index >= 15 is 0 Å². The molecule has 5 rings (SSSR count). The second kappa shape index (κ2) is 18.1. The summed E-state index contributed by atoms with van der Waals surface area (Å²) in [4.78, 5) is 25.8. The minimum Gasteiger partial charge on any atom is -0.392 e. The van der Waals surface area contributed by atoms with Gasteiger partial charge in [0.1, 0.15) is 0 Å². The fourth-order valence-electron chi connectivity index (χ4n) is 6.07. The Bertz CT molecular complexity index is 1410. The molecular formula is C37H47N3O7. The first-order valence-electron chi connectivity index (χ1n) is 16.7. The van der Waals surface area contributed by atoms with E-state index in [1.54, 1.807) is 5.48 Å². The first kappa shape index (κ1) is 34.7. The van der Waals surface area contributed by atoms with Crippen LogP contribution in [0.2, 0.25) is 0 Å². The molecule has 0 aromatic heterocycles. The van der Waals surface area contributed by atoms with Gasteiger partial charge in [0.05, 0.1) is 32.0 Å². The van der Waals surface area contributed by atoms with E-state index in [0.29, 0.717) is 25.8 Å². The maximum atomic E-state index is 12.4. The van der Waals surface area contributed by atoms with Crippen LogP contribution < -0.4 is 10.8 Å². The average molecular weight is 646 g/mol. The van der Waals surface area contributed by atoms with Crippen LogP contribution >= 0.6 is 0 Å². The maximum Gasteiger partial charge on any atom is 0.243 e. The van der Waals surface area contributed by atoms with Crippen molar-refractivity contribution in [1.29, 1.82) is 0 Å². The predicted molar refractivity (Wildman–Crippen MR) is 177 cm³/mol. The molecular weight excluding hydrogens is 598 g/mol. The van der Waals surface area contributed by atoms with Crippen LogP contribution in [0.15, 0.2) is 72.8 Å². The van der Waals surface area contributed by atoms with Gasteiger partial charge in [0, 0.05) is 51.0 Å². The average Bonchev–Trinajstić information content (AvgIpc) is 3.12. The number of amides is 2. The highest BCUT2D eigenvalue weighted by atomic mass is 16.7. The van der Waals surface area contributed by atoms with Gasteiger partial charge in [-0.25, -0.2) is 5.48 Å². The first-order valence-corrected chi connectivity index (χ1v) is 16.7. The van der Waals surface area contributed by atoms with Crippen LogP contribution in [0.4, 0.5) is 0 Å². The van der Waals surface area contributed by atoms with E-state index < -0.39 is 6.29 Å². The normalized spacial score (nSPS) is 20.1. The van der Waals surface area contributed by atoms with Gasteiger partial charge in [0.2, 0.25) is 11.8 Å². The summed E-state index contributed by atoms with van der Waals surface area (Å²) in [7, 11) is 0. The lowest BCUT2D eigenvalue weighted by Gasteiger charge is -2.39. The van der Waals surface area contributed by atoms with Crippen molar-refractivity contribution in [2.75, 3.05) is 32.8 Å². The number of carbonyl (C=O) groups excluding carboxylic acids is 2. The molecule has 3 aromatic carbocycles. The Kier molecular flexibility index (Phi) is 13.3. The van der Waals surface area contributed by atoms with Crippen molar-refractivity contribution in [3.63, 3.8) is 0 Å². The minimum absolute atomic E-state index is 0.000953. The number of hydrogen-bond acceptors (Lipinski definition) is 8. The molecule has 0 unspecified atom stereocenters. The highest BCUT2D eigenvalue weighted by Crippen LogP contribution is 2.38. The molecule has 2 aliphatic rings. The number of benzene rings is 3. The van der Waals surface area contributed by atoms with Crippen LogP contribution in [-0.2, 0) is 37.0 Å². The molecule has 0 spiro atoms. The van der Waals surface area contributed by atoms with Gasteiger partial charge >= 0.3 is 0 Å². The molecule has 2 aliphatic heterocycles. The number of unbranched alkanes of at least 4 members (excludes halogenated alkanes) is 3. The van der Waals surface area contributed by atoms with E-state index in [4.69, 9.17) is 19.4 Å². The number of aliphatic hydroxyl groups excluding tert-OH is 1. The molecule has 2 fully saturated rings. The largest absolute Gasteiger partial charge is 0.392 e. The second-order valence-corrected chi connectivity index (χ2v) is 12.3. The minimum atomic E-state index is -0.507. The number of morpholine rings is 1. The van der Waals surface area contributed by atoms with Gasteiger partial charge in [-0.3, -0.25) is 19.7 Å². The molecule has 0 bridgehead atoms. The van der Waals surface area contributed by atoms with Gasteiger partial charge < -0.3 is 24.6 Å². The first-order chi connectivity index (χ1) is 23.0. The highest BCUT2D eigenvalue weighted by Gasteiger charge is 2.33. The lowest BCUT2D eigenvalue weighted by atomic mass is 9.99. The summed E-state index contributed by atoms with van der Waals surface area (Å²) in [6, 6.07) is 24.4. The van der Waals surface area contributed by atoms with E-state index in [9.17, 15) is 14.7 Å². The Morgan fingerprint density at radius 1 is 0.787 bits per heavy atom. The fourth-order valence-corrected chi connectivity index (χ4v) is 6.07. The van der Waals surface area contributed by atoms with E-state index in [-0.39, 0.29) is 30.6 Å². The zero-order chi connectivity index (χ0) is 32.8. The molecule has 2 amide bonds. The molecule has 3 atom stereocenters. The van der Waals surface area contributed by atoms with E-state index in [1.165, 1.54) is 0 Å². The third kappa shape index (κ3) is 10.7. The topological polar surface area (TPSA) is 130 Å². The Balaban J connectivity index is 1.17. The van der Waals surface area contributed by atoms with Crippen molar-refractivity contribution >= 4 is 11.8 Å². The lowest BCUT2D eigenvalue weighted by Crippen LogP contribution is -2.44. The number of nitrogens with one attached hydrogen (secondary N) is 2. The molecule has 2 heterocycles. The highest BCUT2D eigenvalue weighted by molar-refractivity contribution is 5.76. The van der Waals surface area contributed by atoms with Crippen LogP contribution in [0.25, 0.3) is 11.1 Å². The number of hydrogen-bond donors (Lipinski definition) is 4. The molecule has 3 aromatic rings. The lowest BCUT2D eigenvalue weighted by molar-refractivity contribution is -0.253. The molecule has 10 nitrogen and oxygen atoms in total. The molecule has 0 aliphatic carbocycles. The summed E-state index contributed by atoms with van der Waals surface area (Å²) in [5, 5.41) is 21.0. The van der Waals surface area contributed by atoms with Crippen LogP contribution in [0.5, 0.6) is 0 Å². The van der Waals surface area contributed by atoms with Gasteiger partial charge in [0.15, 0.2) is 6.29 Å². The van der Waals surface area contributed by atoms with Crippen molar-refractivity contribution in [1.82, 2.24) is 15.7 Å². The molecule has 0 radical (unpaired) electrons. The van der Waals surface area contributed by atoms with E-state index in [0.717, 1.165) is 91.9 Å². The number of nitrogens with zero attached hydrogens (tertiary/aromatic N) is 1. The Labute approximate surface area is 277 Å². The van der Waals surface area contributed by atoms with Crippen LogP contribution in [-0.4, -0.2) is 66.0 Å². The quantitative estimate of drug-likeness (QED) is 0.101. The Morgan fingerprint density at radius 2 is 1.49 bits per heavy atom. The van der Waals surface area contributed by atoms with Crippen LogP contribution in [0.1, 0.15) is 79.6 Å². The SMILES string of the molecule is O=C(CCCCCCC(=O)NCc1cccc(-c2ccc([C@@H]3O[C@H](CN4CCOCC4)C[C@H](c4ccc(CO)cc4)O3)cc2)c1)NO.